The predicted octanol–water partition coefficient (Wildman–Crippen LogP) is 2.29. The summed E-state index contributed by atoms with van der Waals surface area (Å²) < 4.78 is 5.27. The van der Waals surface area contributed by atoms with Gasteiger partial charge in [0.05, 0.1) is 18.0 Å². The van der Waals surface area contributed by atoms with Crippen molar-refractivity contribution in [3.8, 4) is 5.75 Å². The molecule has 0 fully saturated rings. The van der Waals surface area contributed by atoms with Crippen molar-refractivity contribution in [2.24, 2.45) is 5.73 Å². The quantitative estimate of drug-likeness (QED) is 0.403. The van der Waals surface area contributed by atoms with E-state index in [0.29, 0.717) is 13.1 Å². The number of ether oxygens (including phenoxy) is 1. The molecule has 124 valence electrons. The molecule has 7 nitrogen and oxygen atoms in total. The average molecular weight is 352 g/mol. The Labute approximate surface area is 139 Å². The summed E-state index contributed by atoms with van der Waals surface area (Å²) in [5, 5.41) is 13.8. The van der Waals surface area contributed by atoms with E-state index < -0.39 is 4.92 Å². The molecule has 1 amide bonds. The minimum Gasteiger partial charge on any atom is -0.486 e. The first kappa shape index (κ1) is 20.4. The fourth-order valence-corrected chi connectivity index (χ4v) is 1.76. The number of carbonyl (C=O) groups excluding carboxylic acids is 1. The summed E-state index contributed by atoms with van der Waals surface area (Å²) in [5.41, 5.74) is 5.13. The van der Waals surface area contributed by atoms with Crippen LogP contribution in [0.1, 0.15) is 19.3 Å². The number of carbonyl (C=O) groups is 1. The second-order valence-corrected chi connectivity index (χ2v) is 4.75. The van der Waals surface area contributed by atoms with Crippen molar-refractivity contribution in [3.63, 3.8) is 0 Å². The first-order valence-electron chi connectivity index (χ1n) is 6.58. The molecule has 0 aliphatic heterocycles. The third-order valence-electron chi connectivity index (χ3n) is 2.66. The minimum atomic E-state index is -0.575. The highest BCUT2D eigenvalue weighted by atomic mass is 35.5. The Morgan fingerprint density at radius 1 is 1.41 bits per heavy atom. The van der Waals surface area contributed by atoms with Crippen molar-refractivity contribution in [1.82, 2.24) is 5.32 Å². The maximum absolute atomic E-state index is 11.5. The molecule has 9 heteroatoms. The summed E-state index contributed by atoms with van der Waals surface area (Å²) in [7, 11) is 0. The molecule has 0 bridgehead atoms. The highest BCUT2D eigenvalue weighted by Gasteiger charge is 2.15. The van der Waals surface area contributed by atoms with Crippen LogP contribution in [0.5, 0.6) is 5.75 Å². The molecule has 0 saturated heterocycles. The van der Waals surface area contributed by atoms with Crippen LogP contribution in [0.15, 0.2) is 18.2 Å². The Hall–Kier alpha value is -1.57. The summed E-state index contributed by atoms with van der Waals surface area (Å²) in [6.45, 7) is 1.22. The number of benzene rings is 1. The molecule has 0 heterocycles. The van der Waals surface area contributed by atoms with Crippen LogP contribution in [-0.4, -0.2) is 30.5 Å². The van der Waals surface area contributed by atoms with Crippen LogP contribution >= 0.6 is 24.0 Å². The number of nitro groups is 1. The lowest BCUT2D eigenvalue weighted by atomic mass is 10.3. The minimum absolute atomic E-state index is 0. The lowest BCUT2D eigenvalue weighted by Gasteiger charge is -2.07. The zero-order valence-electron chi connectivity index (χ0n) is 11.9. The van der Waals surface area contributed by atoms with Gasteiger partial charge in [-0.05, 0) is 31.5 Å². The van der Waals surface area contributed by atoms with Gasteiger partial charge in [-0.2, -0.15) is 0 Å². The van der Waals surface area contributed by atoms with E-state index in [4.69, 9.17) is 22.1 Å². The van der Waals surface area contributed by atoms with Gasteiger partial charge >= 0.3 is 5.69 Å². The third-order valence-corrected chi connectivity index (χ3v) is 2.89. The van der Waals surface area contributed by atoms with E-state index >= 15 is 0 Å². The summed E-state index contributed by atoms with van der Waals surface area (Å²) in [6, 6.07) is 4.13. The van der Waals surface area contributed by atoms with E-state index in [1.807, 2.05) is 0 Å². The molecule has 0 aromatic heterocycles. The van der Waals surface area contributed by atoms with E-state index in [1.54, 1.807) is 0 Å². The molecule has 1 aromatic rings. The second kappa shape index (κ2) is 11.1. The van der Waals surface area contributed by atoms with Gasteiger partial charge < -0.3 is 15.8 Å². The molecule has 0 spiro atoms. The van der Waals surface area contributed by atoms with E-state index in [2.05, 4.69) is 5.32 Å². The number of nitrogens with zero attached hydrogens (tertiary/aromatic N) is 1. The number of rotatable bonds is 9. The van der Waals surface area contributed by atoms with Gasteiger partial charge in [0.15, 0.2) is 5.75 Å². The Balaban J connectivity index is 0.00000441. The largest absolute Gasteiger partial charge is 0.486 e. The predicted molar refractivity (Wildman–Crippen MR) is 86.8 cm³/mol. The summed E-state index contributed by atoms with van der Waals surface area (Å²) >= 11 is 5.70. The number of hydrogen-bond donors (Lipinski definition) is 2. The maximum atomic E-state index is 11.5. The van der Waals surface area contributed by atoms with Gasteiger partial charge in [-0.25, -0.2) is 0 Å². The molecule has 0 radical (unpaired) electrons. The van der Waals surface area contributed by atoms with Crippen LogP contribution in [0, 0.1) is 10.1 Å². The number of amides is 1. The Morgan fingerprint density at radius 2 is 2.14 bits per heavy atom. The molecular formula is C13H19Cl2N3O4. The van der Waals surface area contributed by atoms with E-state index in [-0.39, 0.29) is 47.8 Å². The fourth-order valence-electron chi connectivity index (χ4n) is 1.59. The van der Waals surface area contributed by atoms with Crippen LogP contribution in [0.25, 0.3) is 0 Å². The standard InChI is InChI=1S/C13H18ClN3O4.ClH/c14-10-3-4-12(11(9-10)17(19)20)21-8-5-13(18)16-7-2-1-6-15;/h3-4,9H,1-2,5-8,15H2,(H,16,18);1H. The SMILES string of the molecule is Cl.NCCCCNC(=O)CCOc1ccc(Cl)cc1[N+](=O)[O-]. The number of hydrogen-bond acceptors (Lipinski definition) is 5. The molecule has 1 rings (SSSR count). The van der Waals surface area contributed by atoms with Gasteiger partial charge in [0.1, 0.15) is 0 Å². The lowest BCUT2D eigenvalue weighted by molar-refractivity contribution is -0.385. The molecular weight excluding hydrogens is 333 g/mol. The van der Waals surface area contributed by atoms with Crippen LogP contribution in [0.3, 0.4) is 0 Å². The number of nitrogens with one attached hydrogen (secondary N) is 1. The average Bonchev–Trinajstić information content (AvgIpc) is 2.45. The van der Waals surface area contributed by atoms with E-state index in [1.165, 1.54) is 18.2 Å². The maximum Gasteiger partial charge on any atom is 0.312 e. The number of nitro benzene ring substituents is 1. The van der Waals surface area contributed by atoms with Crippen molar-refractivity contribution in [3.05, 3.63) is 33.3 Å². The number of nitrogens with two attached hydrogens (primary N) is 1. The van der Waals surface area contributed by atoms with E-state index in [0.717, 1.165) is 12.8 Å². The number of unbranched alkanes of at least 4 members (excludes halogenated alkanes) is 1. The molecule has 0 unspecified atom stereocenters. The summed E-state index contributed by atoms with van der Waals surface area (Å²) in [5.74, 6) is -0.0658. The molecule has 0 atom stereocenters. The normalized spacial score (nSPS) is 9.73. The van der Waals surface area contributed by atoms with Gasteiger partial charge in [0.25, 0.3) is 0 Å². The van der Waals surface area contributed by atoms with Crippen molar-refractivity contribution in [2.75, 3.05) is 19.7 Å². The summed E-state index contributed by atoms with van der Waals surface area (Å²) in [4.78, 5) is 21.8. The molecule has 22 heavy (non-hydrogen) atoms. The first-order valence-corrected chi connectivity index (χ1v) is 6.96. The monoisotopic (exact) mass is 351 g/mol. The van der Waals surface area contributed by atoms with Crippen LogP contribution in [0.4, 0.5) is 5.69 Å². The molecule has 0 aliphatic rings. The number of halogens is 2. The zero-order chi connectivity index (χ0) is 15.7. The van der Waals surface area contributed by atoms with Crippen molar-refractivity contribution in [2.45, 2.75) is 19.3 Å². The topological polar surface area (TPSA) is 107 Å². The van der Waals surface area contributed by atoms with Gasteiger partial charge in [0, 0.05) is 17.6 Å². The fraction of sp³-hybridized carbons (Fsp3) is 0.462. The van der Waals surface area contributed by atoms with Gasteiger partial charge in [-0.15, -0.1) is 12.4 Å². The van der Waals surface area contributed by atoms with Gasteiger partial charge in [0.2, 0.25) is 5.91 Å². The van der Waals surface area contributed by atoms with Crippen molar-refractivity contribution >= 4 is 35.6 Å². The Bertz CT molecular complexity index is 500. The van der Waals surface area contributed by atoms with Crippen LogP contribution in [-0.2, 0) is 4.79 Å². The van der Waals surface area contributed by atoms with Crippen molar-refractivity contribution < 1.29 is 14.5 Å². The smallest absolute Gasteiger partial charge is 0.312 e. The molecule has 3 N–H and O–H groups in total. The Kier molecular flexibility index (Phi) is 10.3. The molecule has 1 aromatic carbocycles. The van der Waals surface area contributed by atoms with E-state index in [9.17, 15) is 14.9 Å². The molecule has 0 aliphatic carbocycles. The first-order chi connectivity index (χ1) is 10.0. The van der Waals surface area contributed by atoms with Crippen LogP contribution < -0.4 is 15.8 Å². The molecule has 0 saturated carbocycles. The zero-order valence-corrected chi connectivity index (χ0v) is 13.5. The highest BCUT2D eigenvalue weighted by molar-refractivity contribution is 6.30. The van der Waals surface area contributed by atoms with Gasteiger partial charge in [-0.1, -0.05) is 11.6 Å². The lowest BCUT2D eigenvalue weighted by Crippen LogP contribution is -2.26. The second-order valence-electron chi connectivity index (χ2n) is 4.31. The Morgan fingerprint density at radius 3 is 2.77 bits per heavy atom. The van der Waals surface area contributed by atoms with Crippen molar-refractivity contribution in [1.29, 1.82) is 0 Å². The van der Waals surface area contributed by atoms with Crippen LogP contribution in [0.2, 0.25) is 5.02 Å². The summed E-state index contributed by atoms with van der Waals surface area (Å²) in [6.07, 6.45) is 1.81. The third kappa shape index (κ3) is 7.44. The highest BCUT2D eigenvalue weighted by Crippen LogP contribution is 2.29. The van der Waals surface area contributed by atoms with Gasteiger partial charge in [-0.3, -0.25) is 14.9 Å².